The van der Waals surface area contributed by atoms with Gasteiger partial charge < -0.3 is 14.6 Å². The van der Waals surface area contributed by atoms with Gasteiger partial charge in [-0.1, -0.05) is 5.16 Å². The number of amides is 1. The van der Waals surface area contributed by atoms with E-state index in [0.29, 0.717) is 19.0 Å². The summed E-state index contributed by atoms with van der Waals surface area (Å²) in [5, 5.41) is 6.02. The molecule has 0 aliphatic rings. The molecule has 0 saturated heterocycles. The average Bonchev–Trinajstić information content (AvgIpc) is 2.52. The van der Waals surface area contributed by atoms with E-state index in [1.54, 1.807) is 14.0 Å². The maximum absolute atomic E-state index is 11.2. The Hall–Kier alpha value is -1.43. The number of carbonyl (C=O) groups is 1. The zero-order chi connectivity index (χ0) is 9.68. The molecule has 0 unspecified atom stereocenters. The van der Waals surface area contributed by atoms with E-state index >= 15 is 0 Å². The smallest absolute Gasteiger partial charge is 0.292 e. The lowest BCUT2D eigenvalue weighted by Gasteiger charge is -1.99. The fraction of sp³-hybridized carbons (Fsp3) is 0.571. The summed E-state index contributed by atoms with van der Waals surface area (Å²) in [6, 6.07) is 0. The Morgan fingerprint density at radius 1 is 1.69 bits per heavy atom. The van der Waals surface area contributed by atoms with Gasteiger partial charge in [0.05, 0.1) is 6.61 Å². The minimum Gasteiger partial charge on any atom is -0.383 e. The van der Waals surface area contributed by atoms with Crippen molar-refractivity contribution < 1.29 is 14.1 Å². The molecule has 1 aromatic heterocycles. The molecule has 0 spiro atoms. The Balaban J connectivity index is 2.40. The van der Waals surface area contributed by atoms with Crippen LogP contribution in [0.15, 0.2) is 4.52 Å². The van der Waals surface area contributed by atoms with E-state index in [2.05, 4.69) is 20.0 Å². The first kappa shape index (κ1) is 9.66. The highest BCUT2D eigenvalue weighted by molar-refractivity contribution is 5.90. The van der Waals surface area contributed by atoms with Gasteiger partial charge in [-0.05, 0) is 0 Å². The normalized spacial score (nSPS) is 10.0. The number of hydrogen-bond acceptors (Lipinski definition) is 5. The molecule has 0 saturated carbocycles. The van der Waals surface area contributed by atoms with Gasteiger partial charge in [0.1, 0.15) is 0 Å². The third-order valence-corrected chi connectivity index (χ3v) is 1.32. The number of methoxy groups -OCH3 is 1. The lowest BCUT2D eigenvalue weighted by atomic mass is 10.5. The third-order valence-electron chi connectivity index (χ3n) is 1.32. The van der Waals surface area contributed by atoms with Gasteiger partial charge in [-0.15, -0.1) is 0 Å². The molecular formula is C7H11N3O3. The van der Waals surface area contributed by atoms with Crippen molar-refractivity contribution in [2.24, 2.45) is 0 Å². The number of nitrogens with zero attached hydrogens (tertiary/aromatic N) is 2. The van der Waals surface area contributed by atoms with Crippen LogP contribution in [0.1, 0.15) is 16.5 Å². The summed E-state index contributed by atoms with van der Waals surface area (Å²) in [5.41, 5.74) is 0. The van der Waals surface area contributed by atoms with Crippen molar-refractivity contribution in [1.29, 1.82) is 0 Å². The highest BCUT2D eigenvalue weighted by atomic mass is 16.5. The summed E-state index contributed by atoms with van der Waals surface area (Å²) in [5.74, 6) is 0.0689. The van der Waals surface area contributed by atoms with Crippen LogP contribution in [-0.2, 0) is 4.74 Å². The lowest BCUT2D eigenvalue weighted by Crippen LogP contribution is -2.27. The van der Waals surface area contributed by atoms with E-state index in [0.717, 1.165) is 0 Å². The van der Waals surface area contributed by atoms with Crippen LogP contribution in [0, 0.1) is 6.92 Å². The molecule has 0 fully saturated rings. The molecule has 6 nitrogen and oxygen atoms in total. The average molecular weight is 185 g/mol. The molecule has 0 atom stereocenters. The molecule has 0 bridgehead atoms. The van der Waals surface area contributed by atoms with Crippen LogP contribution < -0.4 is 5.32 Å². The summed E-state index contributed by atoms with van der Waals surface area (Å²) >= 11 is 0. The maximum atomic E-state index is 11.2. The van der Waals surface area contributed by atoms with Crippen molar-refractivity contribution in [3.8, 4) is 0 Å². The highest BCUT2D eigenvalue weighted by Gasteiger charge is 2.11. The lowest BCUT2D eigenvalue weighted by molar-refractivity contribution is 0.0924. The summed E-state index contributed by atoms with van der Waals surface area (Å²) in [6.07, 6.45) is 0. The number of nitrogens with one attached hydrogen (secondary N) is 1. The monoisotopic (exact) mass is 185 g/mol. The van der Waals surface area contributed by atoms with Crippen LogP contribution in [0.25, 0.3) is 0 Å². The van der Waals surface area contributed by atoms with Gasteiger partial charge in [0, 0.05) is 20.6 Å². The third kappa shape index (κ3) is 2.83. The van der Waals surface area contributed by atoms with Gasteiger partial charge in [0.2, 0.25) is 5.89 Å². The van der Waals surface area contributed by atoms with Gasteiger partial charge in [0.15, 0.2) is 0 Å². The molecule has 1 aromatic rings. The van der Waals surface area contributed by atoms with E-state index in [-0.39, 0.29) is 11.7 Å². The van der Waals surface area contributed by atoms with Crippen LogP contribution in [0.4, 0.5) is 0 Å². The summed E-state index contributed by atoms with van der Waals surface area (Å²) in [4.78, 5) is 14.9. The predicted molar refractivity (Wildman–Crippen MR) is 43.2 cm³/mol. The fourth-order valence-electron chi connectivity index (χ4n) is 0.737. The standard InChI is InChI=1S/C7H11N3O3/c1-5-9-6(10-13-5)7(11)8-3-4-12-2/h3-4H2,1-2H3,(H,8,11). The highest BCUT2D eigenvalue weighted by Crippen LogP contribution is 1.93. The van der Waals surface area contributed by atoms with Crippen LogP contribution in [0.3, 0.4) is 0 Å². The molecule has 0 aliphatic carbocycles. The van der Waals surface area contributed by atoms with Gasteiger partial charge >= 0.3 is 0 Å². The zero-order valence-corrected chi connectivity index (χ0v) is 7.53. The summed E-state index contributed by atoms with van der Waals surface area (Å²) in [6.45, 7) is 2.52. The Labute approximate surface area is 75.3 Å². The van der Waals surface area contributed by atoms with Gasteiger partial charge in [-0.3, -0.25) is 4.79 Å². The predicted octanol–water partition coefficient (Wildman–Crippen LogP) is -0.246. The minimum atomic E-state index is -0.353. The quantitative estimate of drug-likeness (QED) is 0.655. The van der Waals surface area contributed by atoms with Gasteiger partial charge in [-0.25, -0.2) is 0 Å². The largest absolute Gasteiger partial charge is 0.383 e. The van der Waals surface area contributed by atoms with E-state index < -0.39 is 0 Å². The first-order chi connectivity index (χ1) is 6.24. The molecule has 0 aliphatic heterocycles. The van der Waals surface area contributed by atoms with Gasteiger partial charge in [-0.2, -0.15) is 4.98 Å². The summed E-state index contributed by atoms with van der Waals surface area (Å²) in [7, 11) is 1.56. The Kier molecular flexibility index (Phi) is 3.39. The van der Waals surface area contributed by atoms with E-state index in [1.807, 2.05) is 0 Å². The van der Waals surface area contributed by atoms with E-state index in [1.165, 1.54) is 0 Å². The molecule has 0 radical (unpaired) electrons. The van der Waals surface area contributed by atoms with Crippen LogP contribution >= 0.6 is 0 Å². The van der Waals surface area contributed by atoms with Crippen LogP contribution in [0.5, 0.6) is 0 Å². The number of carbonyl (C=O) groups excluding carboxylic acids is 1. The Morgan fingerprint density at radius 3 is 3.00 bits per heavy atom. The van der Waals surface area contributed by atoms with Crippen molar-refractivity contribution >= 4 is 5.91 Å². The number of hydrogen-bond donors (Lipinski definition) is 1. The van der Waals surface area contributed by atoms with Gasteiger partial charge in [0.25, 0.3) is 11.7 Å². The number of rotatable bonds is 4. The zero-order valence-electron chi connectivity index (χ0n) is 7.53. The first-order valence-corrected chi connectivity index (χ1v) is 3.81. The Bertz CT molecular complexity index is 284. The Morgan fingerprint density at radius 2 is 2.46 bits per heavy atom. The van der Waals surface area contributed by atoms with Crippen molar-refractivity contribution in [3.63, 3.8) is 0 Å². The number of aryl methyl sites for hydroxylation is 1. The second-order valence-corrected chi connectivity index (χ2v) is 2.39. The van der Waals surface area contributed by atoms with Crippen LogP contribution in [-0.4, -0.2) is 36.3 Å². The van der Waals surface area contributed by atoms with Crippen molar-refractivity contribution in [3.05, 3.63) is 11.7 Å². The van der Waals surface area contributed by atoms with E-state index in [9.17, 15) is 4.79 Å². The summed E-state index contributed by atoms with van der Waals surface area (Å²) < 4.78 is 9.39. The topological polar surface area (TPSA) is 77.2 Å². The molecular weight excluding hydrogens is 174 g/mol. The molecule has 1 N–H and O–H groups in total. The van der Waals surface area contributed by atoms with Crippen molar-refractivity contribution in [2.45, 2.75) is 6.92 Å². The minimum absolute atomic E-state index is 0.0496. The van der Waals surface area contributed by atoms with E-state index in [4.69, 9.17) is 4.74 Å². The molecule has 0 aromatic carbocycles. The molecule has 1 amide bonds. The first-order valence-electron chi connectivity index (χ1n) is 3.81. The molecule has 72 valence electrons. The van der Waals surface area contributed by atoms with Crippen molar-refractivity contribution in [1.82, 2.24) is 15.5 Å². The number of aromatic nitrogens is 2. The molecule has 1 heterocycles. The fourth-order valence-corrected chi connectivity index (χ4v) is 0.737. The van der Waals surface area contributed by atoms with Crippen LogP contribution in [0.2, 0.25) is 0 Å². The van der Waals surface area contributed by atoms with Crippen molar-refractivity contribution in [2.75, 3.05) is 20.3 Å². The SMILES string of the molecule is COCCNC(=O)c1noc(C)n1. The molecule has 13 heavy (non-hydrogen) atoms. The second kappa shape index (κ2) is 4.56. The molecule has 1 rings (SSSR count). The second-order valence-electron chi connectivity index (χ2n) is 2.39. The maximum Gasteiger partial charge on any atom is 0.292 e. The number of ether oxygens (including phenoxy) is 1. The molecule has 6 heteroatoms.